The van der Waals surface area contributed by atoms with E-state index in [1.165, 1.54) is 5.56 Å². The van der Waals surface area contributed by atoms with Crippen LogP contribution in [0.3, 0.4) is 0 Å². The van der Waals surface area contributed by atoms with Crippen molar-refractivity contribution in [3.63, 3.8) is 0 Å². The Morgan fingerprint density at radius 1 is 1.33 bits per heavy atom. The van der Waals surface area contributed by atoms with Gasteiger partial charge in [-0.15, -0.1) is 0 Å². The predicted molar refractivity (Wildman–Crippen MR) is 96.1 cm³/mol. The lowest BCUT2D eigenvalue weighted by Gasteiger charge is -2.26. The molecule has 1 aromatic rings. The van der Waals surface area contributed by atoms with Crippen molar-refractivity contribution in [2.45, 2.75) is 39.0 Å². The Kier molecular flexibility index (Phi) is 4.80. The first-order valence-electron chi connectivity index (χ1n) is 8.32. The molecule has 2 atom stereocenters. The molecule has 0 spiro atoms. The van der Waals surface area contributed by atoms with Crippen molar-refractivity contribution >= 4 is 22.0 Å². The number of amides is 1. The molecule has 132 valence electrons. The smallest absolute Gasteiger partial charge is 0.410 e. The van der Waals surface area contributed by atoms with Gasteiger partial charge in [0.1, 0.15) is 11.4 Å². The first-order chi connectivity index (χ1) is 11.3. The summed E-state index contributed by atoms with van der Waals surface area (Å²) in [5.74, 6) is 1.95. The first kappa shape index (κ1) is 17.5. The molecule has 0 aromatic heterocycles. The van der Waals surface area contributed by atoms with Crippen LogP contribution in [0.15, 0.2) is 22.7 Å². The van der Waals surface area contributed by atoms with Crippen LogP contribution in [0.2, 0.25) is 0 Å². The van der Waals surface area contributed by atoms with E-state index in [4.69, 9.17) is 9.47 Å². The largest absolute Gasteiger partial charge is 0.497 e. The summed E-state index contributed by atoms with van der Waals surface area (Å²) in [6.07, 6.45) is -0.189. The summed E-state index contributed by atoms with van der Waals surface area (Å²) in [6.45, 7) is 8.10. The molecule has 1 aromatic carbocycles. The molecule has 2 unspecified atom stereocenters. The van der Waals surface area contributed by atoms with Crippen LogP contribution in [0.1, 0.15) is 26.3 Å². The Balaban J connectivity index is 1.46. The van der Waals surface area contributed by atoms with E-state index in [0.717, 1.165) is 29.9 Å². The molecule has 5 nitrogen and oxygen atoms in total. The summed E-state index contributed by atoms with van der Waals surface area (Å²) in [5.41, 5.74) is 0.784. The number of nitrogens with one attached hydrogen (secondary N) is 1. The predicted octanol–water partition coefficient (Wildman–Crippen LogP) is 3.41. The van der Waals surface area contributed by atoms with Gasteiger partial charge in [0.15, 0.2) is 0 Å². The normalized spacial score (nSPS) is 25.4. The van der Waals surface area contributed by atoms with E-state index in [1.807, 2.05) is 37.8 Å². The molecule has 2 fully saturated rings. The Hall–Kier alpha value is -1.27. The number of piperidine rings is 1. The molecule has 0 bridgehead atoms. The zero-order valence-corrected chi connectivity index (χ0v) is 16.2. The number of halogens is 1. The van der Waals surface area contributed by atoms with E-state index in [-0.39, 0.29) is 6.09 Å². The maximum Gasteiger partial charge on any atom is 0.410 e. The van der Waals surface area contributed by atoms with Crippen LogP contribution < -0.4 is 10.1 Å². The highest BCUT2D eigenvalue weighted by atomic mass is 79.9. The quantitative estimate of drug-likeness (QED) is 0.846. The fourth-order valence-corrected chi connectivity index (χ4v) is 3.83. The summed E-state index contributed by atoms with van der Waals surface area (Å²) in [6, 6.07) is 6.52. The average molecular weight is 397 g/mol. The van der Waals surface area contributed by atoms with Crippen LogP contribution in [-0.2, 0) is 11.3 Å². The second kappa shape index (κ2) is 6.56. The van der Waals surface area contributed by atoms with Gasteiger partial charge in [0.25, 0.3) is 0 Å². The molecule has 1 heterocycles. The van der Waals surface area contributed by atoms with Crippen LogP contribution in [0.5, 0.6) is 5.75 Å². The van der Waals surface area contributed by atoms with E-state index < -0.39 is 5.60 Å². The highest BCUT2D eigenvalue weighted by molar-refractivity contribution is 9.10. The summed E-state index contributed by atoms with van der Waals surface area (Å²) in [5, 5.41) is 3.61. The van der Waals surface area contributed by atoms with Gasteiger partial charge in [0, 0.05) is 30.1 Å². The molecule has 1 aliphatic heterocycles. The molecular formula is C18H25BrN2O3. The van der Waals surface area contributed by atoms with Crippen molar-refractivity contribution in [3.8, 4) is 5.75 Å². The van der Waals surface area contributed by atoms with E-state index in [1.54, 1.807) is 7.11 Å². The summed E-state index contributed by atoms with van der Waals surface area (Å²) in [4.78, 5) is 13.9. The summed E-state index contributed by atoms with van der Waals surface area (Å²) >= 11 is 3.59. The lowest BCUT2D eigenvalue weighted by molar-refractivity contribution is 0.0269. The molecule has 1 amide bonds. The van der Waals surface area contributed by atoms with Crippen molar-refractivity contribution in [2.24, 2.45) is 11.8 Å². The molecule has 6 heteroatoms. The summed E-state index contributed by atoms with van der Waals surface area (Å²) < 4.78 is 11.7. The van der Waals surface area contributed by atoms with Gasteiger partial charge >= 0.3 is 6.09 Å². The van der Waals surface area contributed by atoms with Crippen molar-refractivity contribution in [3.05, 3.63) is 28.2 Å². The third-order valence-corrected chi connectivity index (χ3v) is 5.37. The highest BCUT2D eigenvalue weighted by Gasteiger charge is 2.56. The number of likely N-dealkylation sites (tertiary alicyclic amines) is 1. The van der Waals surface area contributed by atoms with E-state index in [2.05, 4.69) is 27.3 Å². The third kappa shape index (κ3) is 3.86. The fourth-order valence-electron chi connectivity index (χ4n) is 3.33. The number of carbonyl (C=O) groups excluding carboxylic acids is 1. The zero-order chi connectivity index (χ0) is 17.5. The average Bonchev–Trinajstić information content (AvgIpc) is 2.94. The third-order valence-electron chi connectivity index (χ3n) is 4.63. The van der Waals surface area contributed by atoms with Crippen molar-refractivity contribution in [2.75, 3.05) is 20.2 Å². The molecule has 1 saturated carbocycles. The number of carbonyl (C=O) groups is 1. The van der Waals surface area contributed by atoms with Crippen LogP contribution >= 0.6 is 15.9 Å². The lowest BCUT2D eigenvalue weighted by atomic mass is 10.2. The number of hydrogen-bond donors (Lipinski definition) is 1. The van der Waals surface area contributed by atoms with Crippen LogP contribution in [-0.4, -0.2) is 42.8 Å². The maximum atomic E-state index is 12.1. The molecule has 1 saturated heterocycles. The summed E-state index contributed by atoms with van der Waals surface area (Å²) in [7, 11) is 1.67. The monoisotopic (exact) mass is 396 g/mol. The van der Waals surface area contributed by atoms with Gasteiger partial charge in [-0.3, -0.25) is 0 Å². The number of hydrogen-bond acceptors (Lipinski definition) is 4. The van der Waals surface area contributed by atoms with Crippen LogP contribution in [0.4, 0.5) is 4.79 Å². The minimum absolute atomic E-state index is 0.189. The van der Waals surface area contributed by atoms with Gasteiger partial charge in [-0.1, -0.05) is 22.0 Å². The maximum absolute atomic E-state index is 12.1. The SMILES string of the molecule is COc1ccc(CNC2C3CN(C(=O)OC(C)(C)C)CC32)c(Br)c1. The Labute approximate surface area is 151 Å². The molecule has 1 N–H and O–H groups in total. The Bertz CT molecular complexity index is 617. The molecule has 2 aliphatic rings. The topological polar surface area (TPSA) is 50.8 Å². The van der Waals surface area contributed by atoms with Crippen molar-refractivity contribution < 1.29 is 14.3 Å². The highest BCUT2D eigenvalue weighted by Crippen LogP contribution is 2.46. The van der Waals surface area contributed by atoms with E-state index in [9.17, 15) is 4.79 Å². The second-order valence-electron chi connectivity index (χ2n) is 7.58. The number of methoxy groups -OCH3 is 1. The number of nitrogens with zero attached hydrogens (tertiary/aromatic N) is 1. The minimum Gasteiger partial charge on any atom is -0.497 e. The van der Waals surface area contributed by atoms with Gasteiger partial charge < -0.3 is 19.7 Å². The number of fused-ring (bicyclic) bond motifs is 1. The Morgan fingerprint density at radius 2 is 2.00 bits per heavy atom. The van der Waals surface area contributed by atoms with Crippen molar-refractivity contribution in [1.29, 1.82) is 0 Å². The molecule has 3 rings (SSSR count). The number of rotatable bonds is 4. The molecule has 1 aliphatic carbocycles. The van der Waals surface area contributed by atoms with E-state index >= 15 is 0 Å². The van der Waals surface area contributed by atoms with Gasteiger partial charge in [-0.25, -0.2) is 4.79 Å². The second-order valence-corrected chi connectivity index (χ2v) is 8.43. The first-order valence-corrected chi connectivity index (χ1v) is 9.11. The molecular weight excluding hydrogens is 372 g/mol. The zero-order valence-electron chi connectivity index (χ0n) is 14.6. The number of ether oxygens (including phenoxy) is 2. The van der Waals surface area contributed by atoms with E-state index in [0.29, 0.717) is 17.9 Å². The van der Waals surface area contributed by atoms with Crippen LogP contribution in [0, 0.1) is 11.8 Å². The van der Waals surface area contributed by atoms with Gasteiger partial charge in [0.05, 0.1) is 7.11 Å². The molecule has 0 radical (unpaired) electrons. The van der Waals surface area contributed by atoms with Crippen molar-refractivity contribution in [1.82, 2.24) is 10.2 Å². The Morgan fingerprint density at radius 3 is 2.54 bits per heavy atom. The number of benzene rings is 1. The molecule has 24 heavy (non-hydrogen) atoms. The van der Waals surface area contributed by atoms with Gasteiger partial charge in [-0.2, -0.15) is 0 Å². The van der Waals surface area contributed by atoms with Gasteiger partial charge in [-0.05, 0) is 50.3 Å². The minimum atomic E-state index is -0.428. The lowest BCUT2D eigenvalue weighted by Crippen LogP contribution is -2.39. The van der Waals surface area contributed by atoms with Gasteiger partial charge in [0.2, 0.25) is 0 Å². The fraction of sp³-hybridized carbons (Fsp3) is 0.611. The standard InChI is InChI=1S/C18H25BrN2O3/c1-18(2,3)24-17(22)21-9-13-14(10-21)16(13)20-8-11-5-6-12(23-4)7-15(11)19/h5-7,13-14,16,20H,8-10H2,1-4H3. The van der Waals surface area contributed by atoms with Crippen LogP contribution in [0.25, 0.3) is 0 Å².